The quantitative estimate of drug-likeness (QED) is 0.100. The molecule has 0 saturated heterocycles. The van der Waals surface area contributed by atoms with Gasteiger partial charge in [0.1, 0.15) is 6.54 Å². The van der Waals surface area contributed by atoms with Crippen molar-refractivity contribution in [3.8, 4) is 11.1 Å². The first-order valence-corrected chi connectivity index (χ1v) is 16.7. The molecule has 0 aliphatic carbocycles. The zero-order chi connectivity index (χ0) is 35.4. The molecule has 0 fully saturated rings. The minimum Gasteiger partial charge on any atom is -0.335 e. The van der Waals surface area contributed by atoms with E-state index in [1.54, 1.807) is 52.2 Å². The van der Waals surface area contributed by atoms with E-state index >= 15 is 0 Å². The Balaban J connectivity index is 1.28. The largest absolute Gasteiger partial charge is 0.416 e. The zero-order valence-electron chi connectivity index (χ0n) is 26.8. The molecule has 2 heterocycles. The van der Waals surface area contributed by atoms with Gasteiger partial charge in [0, 0.05) is 48.6 Å². The van der Waals surface area contributed by atoms with Crippen molar-refractivity contribution >= 4 is 28.6 Å². The lowest BCUT2D eigenvalue weighted by Gasteiger charge is -2.25. The Labute approximate surface area is 288 Å². The SMILES string of the molecule is Cc1cn(CCN(Cc2ccc(-c3ccc(C(F)(F)F)cc3)cc2)C(=O)Cn2c(SCc3cccc(F)c3F)cc(=O)c3ccccc32)cn1. The van der Waals surface area contributed by atoms with Gasteiger partial charge >= 0.3 is 6.18 Å². The molecular weight excluding hydrogens is 672 g/mol. The van der Waals surface area contributed by atoms with Crippen LogP contribution >= 0.6 is 11.8 Å². The molecule has 12 heteroatoms. The number of alkyl halides is 3. The van der Waals surface area contributed by atoms with Gasteiger partial charge in [-0.15, -0.1) is 11.8 Å². The summed E-state index contributed by atoms with van der Waals surface area (Å²) in [5.41, 5.74) is 2.67. The summed E-state index contributed by atoms with van der Waals surface area (Å²) in [5.74, 6) is -2.15. The number of benzene rings is 4. The number of halogens is 5. The number of aromatic nitrogens is 3. The summed E-state index contributed by atoms with van der Waals surface area (Å²) in [5, 5.41) is 0.845. The van der Waals surface area contributed by atoms with E-state index in [0.717, 1.165) is 46.8 Å². The van der Waals surface area contributed by atoms with Gasteiger partial charge in [-0.05, 0) is 53.9 Å². The van der Waals surface area contributed by atoms with Crippen molar-refractivity contribution in [2.75, 3.05) is 6.54 Å². The van der Waals surface area contributed by atoms with E-state index in [4.69, 9.17) is 0 Å². The molecule has 6 aromatic rings. The van der Waals surface area contributed by atoms with Crippen molar-refractivity contribution in [1.82, 2.24) is 19.0 Å². The second-order valence-corrected chi connectivity index (χ2v) is 12.8. The van der Waals surface area contributed by atoms with E-state index in [0.29, 0.717) is 34.6 Å². The highest BCUT2D eigenvalue weighted by Gasteiger charge is 2.30. The first kappa shape index (κ1) is 34.6. The molecule has 0 spiro atoms. The number of para-hydroxylation sites is 1. The molecule has 4 aromatic carbocycles. The fourth-order valence-electron chi connectivity index (χ4n) is 5.63. The highest BCUT2D eigenvalue weighted by molar-refractivity contribution is 7.98. The Morgan fingerprint density at radius 1 is 0.900 bits per heavy atom. The molecule has 0 N–H and O–H groups in total. The third kappa shape index (κ3) is 7.97. The van der Waals surface area contributed by atoms with Crippen LogP contribution in [0.2, 0.25) is 0 Å². The Kier molecular flexibility index (Phi) is 10.2. The van der Waals surface area contributed by atoms with Crippen molar-refractivity contribution < 1.29 is 26.7 Å². The highest BCUT2D eigenvalue weighted by Crippen LogP contribution is 2.31. The molecule has 0 saturated carbocycles. The number of thioether (sulfide) groups is 1. The van der Waals surface area contributed by atoms with Crippen LogP contribution in [0.4, 0.5) is 22.0 Å². The van der Waals surface area contributed by atoms with Gasteiger partial charge in [0.2, 0.25) is 5.91 Å². The monoisotopic (exact) mass is 702 g/mol. The smallest absolute Gasteiger partial charge is 0.335 e. The van der Waals surface area contributed by atoms with E-state index < -0.39 is 23.4 Å². The van der Waals surface area contributed by atoms with E-state index in [2.05, 4.69) is 4.98 Å². The lowest BCUT2D eigenvalue weighted by Crippen LogP contribution is -2.36. The van der Waals surface area contributed by atoms with Gasteiger partial charge in [-0.1, -0.05) is 60.7 Å². The lowest BCUT2D eigenvalue weighted by molar-refractivity contribution is -0.137. The number of carbonyl (C=O) groups is 1. The van der Waals surface area contributed by atoms with Crippen LogP contribution in [0.5, 0.6) is 0 Å². The van der Waals surface area contributed by atoms with E-state index in [1.165, 1.54) is 30.3 Å². The van der Waals surface area contributed by atoms with Crippen LogP contribution in [0.1, 0.15) is 22.4 Å². The molecule has 0 atom stereocenters. The predicted molar refractivity (Wildman–Crippen MR) is 183 cm³/mol. The van der Waals surface area contributed by atoms with Gasteiger partial charge in [0.15, 0.2) is 17.1 Å². The summed E-state index contributed by atoms with van der Waals surface area (Å²) < 4.78 is 71.2. The lowest BCUT2D eigenvalue weighted by atomic mass is 10.0. The molecule has 50 heavy (non-hydrogen) atoms. The third-order valence-electron chi connectivity index (χ3n) is 8.30. The average Bonchev–Trinajstić information content (AvgIpc) is 3.53. The first-order chi connectivity index (χ1) is 24.0. The fourth-order valence-corrected chi connectivity index (χ4v) is 6.67. The minimum atomic E-state index is -4.42. The van der Waals surface area contributed by atoms with Crippen molar-refractivity contribution in [2.24, 2.45) is 0 Å². The molecule has 0 radical (unpaired) electrons. The number of nitrogens with zero attached hydrogens (tertiary/aromatic N) is 4. The standard InChI is InChI=1S/C38H31F5N4O2S/c1-25-20-45(24-44-25)17-18-46(21-26-9-11-27(12-10-26)28-13-15-30(16-14-28)38(41,42)43)35(49)22-47-33-8-3-2-6-31(33)34(48)19-36(47)50-23-29-5-4-7-32(39)37(29)40/h2-16,19-20,24H,17-18,21-23H2,1H3. The maximum absolute atomic E-state index is 14.5. The van der Waals surface area contributed by atoms with Crippen molar-refractivity contribution in [3.63, 3.8) is 0 Å². The molecule has 0 aliphatic heterocycles. The number of hydrogen-bond acceptors (Lipinski definition) is 4. The number of pyridine rings is 1. The summed E-state index contributed by atoms with van der Waals surface area (Å²) in [6.07, 6.45) is -0.864. The fraction of sp³-hybridized carbons (Fsp3) is 0.184. The Morgan fingerprint density at radius 3 is 2.28 bits per heavy atom. The number of rotatable bonds is 11. The van der Waals surface area contributed by atoms with Crippen LogP contribution < -0.4 is 5.43 Å². The zero-order valence-corrected chi connectivity index (χ0v) is 27.6. The molecular formula is C38H31F5N4O2S. The Morgan fingerprint density at radius 2 is 1.60 bits per heavy atom. The maximum Gasteiger partial charge on any atom is 0.416 e. The molecule has 6 rings (SSSR count). The second kappa shape index (κ2) is 14.7. The minimum absolute atomic E-state index is 0.0323. The number of hydrogen-bond donors (Lipinski definition) is 0. The first-order valence-electron chi connectivity index (χ1n) is 15.7. The van der Waals surface area contributed by atoms with Crippen LogP contribution in [0, 0.1) is 18.6 Å². The molecule has 1 amide bonds. The number of aryl methyl sites for hydroxylation is 1. The van der Waals surface area contributed by atoms with Gasteiger partial charge in [-0.3, -0.25) is 9.59 Å². The number of imidazole rings is 1. The normalized spacial score (nSPS) is 11.6. The summed E-state index contributed by atoms with van der Waals surface area (Å²) in [6, 6.07) is 24.5. The summed E-state index contributed by atoms with van der Waals surface area (Å²) in [4.78, 5) is 33.2. The van der Waals surface area contributed by atoms with Crippen molar-refractivity contribution in [2.45, 2.75) is 43.5 Å². The summed E-state index contributed by atoms with van der Waals surface area (Å²) >= 11 is 1.14. The van der Waals surface area contributed by atoms with Crippen molar-refractivity contribution in [1.29, 1.82) is 0 Å². The molecule has 0 unspecified atom stereocenters. The Bertz CT molecular complexity index is 2200. The highest BCUT2D eigenvalue weighted by atomic mass is 32.2. The van der Waals surface area contributed by atoms with Crippen LogP contribution in [0.25, 0.3) is 22.0 Å². The second-order valence-electron chi connectivity index (χ2n) is 11.8. The topological polar surface area (TPSA) is 60.1 Å². The van der Waals surface area contributed by atoms with E-state index in [-0.39, 0.29) is 35.7 Å². The Hall–Kier alpha value is -5.23. The molecule has 0 aliphatic rings. The number of amides is 1. The van der Waals surface area contributed by atoms with Gasteiger partial charge in [0.05, 0.1) is 28.1 Å². The van der Waals surface area contributed by atoms with Gasteiger partial charge in [-0.25, -0.2) is 13.8 Å². The van der Waals surface area contributed by atoms with E-state index in [9.17, 15) is 31.5 Å². The average molecular weight is 703 g/mol. The van der Waals surface area contributed by atoms with Crippen LogP contribution in [0.3, 0.4) is 0 Å². The maximum atomic E-state index is 14.5. The summed E-state index contributed by atoms with van der Waals surface area (Å²) in [6.45, 7) is 2.75. The van der Waals surface area contributed by atoms with Gasteiger partial charge in [-0.2, -0.15) is 13.2 Å². The van der Waals surface area contributed by atoms with Gasteiger partial charge < -0.3 is 14.0 Å². The van der Waals surface area contributed by atoms with Crippen LogP contribution in [-0.4, -0.2) is 31.5 Å². The molecule has 0 bridgehead atoms. The van der Waals surface area contributed by atoms with Crippen LogP contribution in [0.15, 0.2) is 119 Å². The van der Waals surface area contributed by atoms with Gasteiger partial charge in [0.25, 0.3) is 0 Å². The summed E-state index contributed by atoms with van der Waals surface area (Å²) in [7, 11) is 0. The molecule has 6 nitrogen and oxygen atoms in total. The van der Waals surface area contributed by atoms with Crippen molar-refractivity contribution in [3.05, 3.63) is 154 Å². The third-order valence-corrected chi connectivity index (χ3v) is 9.39. The van der Waals surface area contributed by atoms with Crippen LogP contribution in [-0.2, 0) is 36.4 Å². The molecule has 2 aromatic heterocycles. The van der Waals surface area contributed by atoms with E-state index in [1.807, 2.05) is 29.8 Å². The number of fused-ring (bicyclic) bond motifs is 1. The number of carbonyl (C=O) groups excluding carboxylic acids is 1. The predicted octanol–water partition coefficient (Wildman–Crippen LogP) is 8.49. The molecule has 256 valence electrons.